The van der Waals surface area contributed by atoms with E-state index in [1.54, 1.807) is 0 Å². The Balaban J connectivity index is 2.75. The van der Waals surface area contributed by atoms with E-state index in [1.807, 2.05) is 0 Å². The van der Waals surface area contributed by atoms with E-state index in [4.69, 9.17) is 3.24 Å². The minimum absolute atomic E-state index is 0.485. The Morgan fingerprint density at radius 1 is 1.83 bits per heavy atom. The van der Waals surface area contributed by atoms with Crippen molar-refractivity contribution >= 4 is 0 Å². The average Bonchev–Trinajstić information content (AvgIpc) is 1.65. The Morgan fingerprint density at radius 3 is 2.33 bits per heavy atom. The van der Waals surface area contributed by atoms with Gasteiger partial charge in [0, 0.05) is 0 Å². The molecule has 0 aromatic carbocycles. The molecular weight excluding hydrogens is 245 g/mol. The van der Waals surface area contributed by atoms with E-state index in [0.717, 1.165) is 27.9 Å². The monoisotopic (exact) mass is 254 g/mol. The summed E-state index contributed by atoms with van der Waals surface area (Å²) in [7, 11) is 0. The fourth-order valence-corrected chi connectivity index (χ4v) is 0.610. The summed E-state index contributed by atoms with van der Waals surface area (Å²) in [5.41, 5.74) is 0. The van der Waals surface area contributed by atoms with Crippen LogP contribution in [-0.4, -0.2) is 6.10 Å². The van der Waals surface area contributed by atoms with Gasteiger partial charge in [-0.05, 0) is 0 Å². The Hall–Kier alpha value is 0.700. The first-order chi connectivity index (χ1) is 2.81. The molecule has 1 atom stereocenters. The molecule has 0 saturated heterocycles. The predicted octanol–water partition coefficient (Wildman–Crippen LogP) is 1.26. The zero-order valence-electron chi connectivity index (χ0n) is 4.14. The third-order valence-corrected chi connectivity index (χ3v) is 2.05. The van der Waals surface area contributed by atoms with Crippen molar-refractivity contribution in [1.29, 1.82) is 0 Å². The molecule has 0 radical (unpaired) electrons. The first kappa shape index (κ1) is 6.70. The summed E-state index contributed by atoms with van der Waals surface area (Å²) in [6.45, 7) is 4.21. The fourth-order valence-electron chi connectivity index (χ4n) is 0.0745. The van der Waals surface area contributed by atoms with Crippen LogP contribution in [-0.2, 0) is 24.7 Å². The van der Waals surface area contributed by atoms with E-state index in [2.05, 4.69) is 13.8 Å². The molecule has 0 fully saturated rings. The summed E-state index contributed by atoms with van der Waals surface area (Å²) in [5.74, 6) is 0. The van der Waals surface area contributed by atoms with Crippen molar-refractivity contribution in [3.05, 3.63) is 0 Å². The molecule has 0 bridgehead atoms. The Morgan fingerprint density at radius 2 is 2.33 bits per heavy atom. The van der Waals surface area contributed by atoms with Crippen LogP contribution in [0.3, 0.4) is 0 Å². The molecule has 36 valence electrons. The molecule has 0 aromatic heterocycles. The SMILES string of the molecule is CCC(C)[O][Ta]. The van der Waals surface area contributed by atoms with Crippen LogP contribution >= 0.6 is 0 Å². The van der Waals surface area contributed by atoms with Gasteiger partial charge >= 0.3 is 51.1 Å². The molecule has 2 heteroatoms. The van der Waals surface area contributed by atoms with E-state index in [0.29, 0.717) is 6.10 Å². The topological polar surface area (TPSA) is 9.23 Å². The van der Waals surface area contributed by atoms with Crippen LogP contribution in [0.4, 0.5) is 0 Å². The number of hydrogen-bond donors (Lipinski definition) is 0. The van der Waals surface area contributed by atoms with E-state index >= 15 is 0 Å². The number of hydrogen-bond acceptors (Lipinski definition) is 1. The van der Waals surface area contributed by atoms with Crippen molar-refractivity contribution in [2.75, 3.05) is 0 Å². The molecule has 0 amide bonds. The maximum absolute atomic E-state index is 5.01. The van der Waals surface area contributed by atoms with Crippen LogP contribution in [0.1, 0.15) is 20.3 Å². The summed E-state index contributed by atoms with van der Waals surface area (Å²) < 4.78 is 5.01. The van der Waals surface area contributed by atoms with Crippen molar-refractivity contribution in [3.63, 3.8) is 0 Å². The summed E-state index contributed by atoms with van der Waals surface area (Å²) in [5, 5.41) is 0. The molecule has 0 aliphatic rings. The van der Waals surface area contributed by atoms with Gasteiger partial charge in [-0.1, -0.05) is 0 Å². The van der Waals surface area contributed by atoms with Crippen LogP contribution < -0.4 is 0 Å². The standard InChI is InChI=1S/C4H9O.Ta/c1-3-4(2)5;/h4H,3H2,1-2H3;/q-1;+1. The Bertz CT molecular complexity index is 26.7. The number of rotatable bonds is 2. The van der Waals surface area contributed by atoms with Gasteiger partial charge in [-0.25, -0.2) is 0 Å². The van der Waals surface area contributed by atoms with Gasteiger partial charge in [0.15, 0.2) is 0 Å². The summed E-state index contributed by atoms with van der Waals surface area (Å²) >= 11 is 1.05. The molecule has 0 saturated carbocycles. The van der Waals surface area contributed by atoms with Crippen LogP contribution in [0.15, 0.2) is 0 Å². The quantitative estimate of drug-likeness (QED) is 0.721. The van der Waals surface area contributed by atoms with Gasteiger partial charge in [-0.2, -0.15) is 0 Å². The maximum atomic E-state index is 5.01. The van der Waals surface area contributed by atoms with Gasteiger partial charge in [0.1, 0.15) is 0 Å². The van der Waals surface area contributed by atoms with Crippen LogP contribution in [0.2, 0.25) is 0 Å². The molecule has 6 heavy (non-hydrogen) atoms. The van der Waals surface area contributed by atoms with Gasteiger partial charge in [-0.3, -0.25) is 0 Å². The van der Waals surface area contributed by atoms with Crippen LogP contribution in [0.5, 0.6) is 0 Å². The van der Waals surface area contributed by atoms with Gasteiger partial charge in [0.05, 0.1) is 0 Å². The second-order valence-electron chi connectivity index (χ2n) is 1.32. The van der Waals surface area contributed by atoms with Gasteiger partial charge < -0.3 is 0 Å². The van der Waals surface area contributed by atoms with Gasteiger partial charge in [0.25, 0.3) is 0 Å². The molecule has 1 unspecified atom stereocenters. The third-order valence-electron chi connectivity index (χ3n) is 0.755. The second kappa shape index (κ2) is 3.88. The molecule has 0 spiro atoms. The zero-order chi connectivity index (χ0) is 4.99. The molecule has 0 rings (SSSR count). The molecule has 1 nitrogen and oxygen atoms in total. The molecular formula is C4H9OTa. The van der Waals surface area contributed by atoms with E-state index in [9.17, 15) is 0 Å². The first-order valence-electron chi connectivity index (χ1n) is 2.11. The second-order valence-corrected chi connectivity index (χ2v) is 2.08. The predicted molar refractivity (Wildman–Crippen MR) is 20.8 cm³/mol. The van der Waals surface area contributed by atoms with E-state index in [1.165, 1.54) is 0 Å². The van der Waals surface area contributed by atoms with E-state index in [-0.39, 0.29) is 0 Å². The Labute approximate surface area is 51.5 Å². The van der Waals surface area contributed by atoms with Crippen molar-refractivity contribution in [3.8, 4) is 0 Å². The van der Waals surface area contributed by atoms with Crippen molar-refractivity contribution in [2.45, 2.75) is 26.4 Å². The van der Waals surface area contributed by atoms with Crippen LogP contribution in [0.25, 0.3) is 0 Å². The molecule has 0 N–H and O–H groups in total. The summed E-state index contributed by atoms with van der Waals surface area (Å²) in [4.78, 5) is 0. The first-order valence-corrected chi connectivity index (χ1v) is 3.42. The summed E-state index contributed by atoms with van der Waals surface area (Å²) in [6, 6.07) is 0. The molecule has 0 aromatic rings. The normalized spacial score (nSPS) is 14.3. The minimum atomic E-state index is 0.485. The summed E-state index contributed by atoms with van der Waals surface area (Å²) in [6.07, 6.45) is 1.62. The molecule has 0 heterocycles. The van der Waals surface area contributed by atoms with Crippen molar-refractivity contribution in [1.82, 2.24) is 0 Å². The van der Waals surface area contributed by atoms with Crippen molar-refractivity contribution < 1.29 is 24.7 Å². The van der Waals surface area contributed by atoms with Gasteiger partial charge in [-0.15, -0.1) is 0 Å². The Kier molecular flexibility index (Phi) is 4.33. The van der Waals surface area contributed by atoms with Crippen LogP contribution in [0, 0.1) is 0 Å². The van der Waals surface area contributed by atoms with Crippen molar-refractivity contribution in [2.24, 2.45) is 0 Å². The van der Waals surface area contributed by atoms with E-state index < -0.39 is 0 Å². The third kappa shape index (κ3) is 2.91. The fraction of sp³-hybridized carbons (Fsp3) is 1.00. The molecule has 0 aliphatic carbocycles. The average molecular weight is 254 g/mol. The molecule has 0 aliphatic heterocycles. The van der Waals surface area contributed by atoms with Gasteiger partial charge in [0.2, 0.25) is 0 Å². The zero-order valence-corrected chi connectivity index (χ0v) is 7.35.